The molecule has 3 N–H and O–H groups in total. The zero-order valence-corrected chi connectivity index (χ0v) is 10.6. The van der Waals surface area contributed by atoms with Crippen LogP contribution < -0.4 is 11.1 Å². The van der Waals surface area contributed by atoms with Crippen LogP contribution >= 0.6 is 11.6 Å². The van der Waals surface area contributed by atoms with Crippen LogP contribution in [0, 0.1) is 10.1 Å². The van der Waals surface area contributed by atoms with Crippen LogP contribution in [0.15, 0.2) is 18.2 Å². The number of carbonyl (C=O) groups excluding carboxylic acids is 1. The van der Waals surface area contributed by atoms with Crippen molar-refractivity contribution in [1.82, 2.24) is 5.32 Å². The molecule has 18 heavy (non-hydrogen) atoms. The number of amides is 1. The molecule has 1 aromatic carbocycles. The Hall–Kier alpha value is -1.66. The molecule has 1 atom stereocenters. The lowest BCUT2D eigenvalue weighted by Gasteiger charge is -2.08. The monoisotopic (exact) mass is 271 g/mol. The first-order chi connectivity index (χ1) is 8.41. The van der Waals surface area contributed by atoms with E-state index in [0.29, 0.717) is 13.0 Å². The van der Waals surface area contributed by atoms with Crippen molar-refractivity contribution in [2.45, 2.75) is 19.4 Å². The maximum atomic E-state index is 11.7. The Labute approximate surface area is 109 Å². The van der Waals surface area contributed by atoms with Crippen LogP contribution in [-0.4, -0.2) is 23.4 Å². The lowest BCUT2D eigenvalue weighted by atomic mass is 10.2. The topological polar surface area (TPSA) is 98.3 Å². The fraction of sp³-hybridized carbons (Fsp3) is 0.364. The lowest BCUT2D eigenvalue weighted by Crippen LogP contribution is -2.29. The minimum Gasteiger partial charge on any atom is -0.352 e. The Kier molecular flexibility index (Phi) is 5.06. The van der Waals surface area contributed by atoms with Crippen molar-refractivity contribution in [3.63, 3.8) is 0 Å². The van der Waals surface area contributed by atoms with E-state index in [-0.39, 0.29) is 28.2 Å². The molecule has 1 amide bonds. The highest BCUT2D eigenvalue weighted by molar-refractivity contribution is 6.34. The molecule has 0 bridgehead atoms. The van der Waals surface area contributed by atoms with Crippen molar-refractivity contribution in [2.75, 3.05) is 6.54 Å². The summed E-state index contributed by atoms with van der Waals surface area (Å²) in [5, 5.41) is 13.2. The summed E-state index contributed by atoms with van der Waals surface area (Å²) in [6, 6.07) is 3.73. The molecule has 7 heteroatoms. The van der Waals surface area contributed by atoms with Gasteiger partial charge in [-0.05, 0) is 19.4 Å². The average Bonchev–Trinajstić information content (AvgIpc) is 2.27. The highest BCUT2D eigenvalue weighted by Gasteiger charge is 2.14. The van der Waals surface area contributed by atoms with E-state index >= 15 is 0 Å². The van der Waals surface area contributed by atoms with Crippen molar-refractivity contribution in [3.05, 3.63) is 38.9 Å². The highest BCUT2D eigenvalue weighted by Crippen LogP contribution is 2.22. The molecule has 1 aromatic rings. The van der Waals surface area contributed by atoms with Crippen molar-refractivity contribution < 1.29 is 9.72 Å². The standard InChI is InChI=1S/C11H14ClN3O3/c1-7(13)4-5-14-11(16)9-3-2-8(15(17)18)6-10(9)12/h2-3,6-7H,4-5,13H2,1H3,(H,14,16). The summed E-state index contributed by atoms with van der Waals surface area (Å²) in [6.45, 7) is 2.27. The minimum absolute atomic E-state index is 0.00219. The molecule has 0 saturated carbocycles. The molecule has 0 heterocycles. The van der Waals surface area contributed by atoms with Gasteiger partial charge in [0, 0.05) is 24.7 Å². The first-order valence-corrected chi connectivity index (χ1v) is 5.77. The molecule has 0 radical (unpaired) electrons. The number of nitro groups is 1. The molecule has 98 valence electrons. The number of benzene rings is 1. The molecule has 1 rings (SSSR count). The predicted octanol–water partition coefficient (Wildman–Crippen LogP) is 1.72. The van der Waals surface area contributed by atoms with Crippen molar-refractivity contribution in [3.8, 4) is 0 Å². The normalized spacial score (nSPS) is 11.9. The van der Waals surface area contributed by atoms with Crippen LogP contribution in [0.4, 0.5) is 5.69 Å². The van der Waals surface area contributed by atoms with Crippen LogP contribution in [0.2, 0.25) is 5.02 Å². The van der Waals surface area contributed by atoms with Crippen LogP contribution in [0.3, 0.4) is 0 Å². The molecule has 0 saturated heterocycles. The van der Waals surface area contributed by atoms with E-state index in [1.54, 1.807) is 0 Å². The highest BCUT2D eigenvalue weighted by atomic mass is 35.5. The van der Waals surface area contributed by atoms with Gasteiger partial charge in [-0.25, -0.2) is 0 Å². The Morgan fingerprint density at radius 3 is 2.78 bits per heavy atom. The van der Waals surface area contributed by atoms with E-state index in [0.717, 1.165) is 6.07 Å². The molecule has 6 nitrogen and oxygen atoms in total. The molecular weight excluding hydrogens is 258 g/mol. The smallest absolute Gasteiger partial charge is 0.270 e. The summed E-state index contributed by atoms with van der Waals surface area (Å²) in [6.07, 6.45) is 0.649. The van der Waals surface area contributed by atoms with E-state index in [4.69, 9.17) is 17.3 Å². The van der Waals surface area contributed by atoms with E-state index in [9.17, 15) is 14.9 Å². The van der Waals surface area contributed by atoms with E-state index in [1.807, 2.05) is 6.92 Å². The van der Waals surface area contributed by atoms with Gasteiger partial charge in [0.25, 0.3) is 11.6 Å². The van der Waals surface area contributed by atoms with Crippen LogP contribution in [-0.2, 0) is 0 Å². The van der Waals surface area contributed by atoms with Gasteiger partial charge in [-0.15, -0.1) is 0 Å². The molecular formula is C11H14ClN3O3. The number of hydrogen-bond donors (Lipinski definition) is 2. The second kappa shape index (κ2) is 6.32. The third kappa shape index (κ3) is 3.97. The maximum absolute atomic E-state index is 11.7. The van der Waals surface area contributed by atoms with Gasteiger partial charge in [0.2, 0.25) is 0 Å². The first kappa shape index (κ1) is 14.4. The number of halogens is 1. The fourth-order valence-electron chi connectivity index (χ4n) is 1.31. The fourth-order valence-corrected chi connectivity index (χ4v) is 1.57. The molecule has 0 fully saturated rings. The van der Waals surface area contributed by atoms with Gasteiger partial charge in [-0.2, -0.15) is 0 Å². The van der Waals surface area contributed by atoms with Crippen LogP contribution in [0.25, 0.3) is 0 Å². The summed E-state index contributed by atoms with van der Waals surface area (Å²) >= 11 is 5.82. The summed E-state index contributed by atoms with van der Waals surface area (Å²) < 4.78 is 0. The van der Waals surface area contributed by atoms with Gasteiger partial charge >= 0.3 is 0 Å². The predicted molar refractivity (Wildman–Crippen MR) is 68.7 cm³/mol. The number of hydrogen-bond acceptors (Lipinski definition) is 4. The van der Waals surface area contributed by atoms with Gasteiger partial charge in [0.1, 0.15) is 0 Å². The number of carbonyl (C=O) groups is 1. The summed E-state index contributed by atoms with van der Waals surface area (Å²) in [7, 11) is 0. The van der Waals surface area contributed by atoms with E-state index < -0.39 is 4.92 Å². The van der Waals surface area contributed by atoms with Gasteiger partial charge < -0.3 is 11.1 Å². The average molecular weight is 272 g/mol. The molecule has 0 aromatic heterocycles. The lowest BCUT2D eigenvalue weighted by molar-refractivity contribution is -0.384. The quantitative estimate of drug-likeness (QED) is 0.629. The number of nitrogens with zero attached hydrogens (tertiary/aromatic N) is 1. The number of nitrogens with two attached hydrogens (primary N) is 1. The van der Waals surface area contributed by atoms with Gasteiger partial charge in [0.05, 0.1) is 15.5 Å². The van der Waals surface area contributed by atoms with Crippen molar-refractivity contribution in [1.29, 1.82) is 0 Å². The molecule has 1 unspecified atom stereocenters. The zero-order chi connectivity index (χ0) is 13.7. The molecule has 0 aliphatic carbocycles. The van der Waals surface area contributed by atoms with Crippen molar-refractivity contribution >= 4 is 23.2 Å². The Morgan fingerprint density at radius 2 is 2.28 bits per heavy atom. The molecule has 0 spiro atoms. The third-order valence-electron chi connectivity index (χ3n) is 2.29. The van der Waals surface area contributed by atoms with Gasteiger partial charge in [0.15, 0.2) is 0 Å². The SMILES string of the molecule is CC(N)CCNC(=O)c1ccc([N+](=O)[O-])cc1Cl. The second-order valence-electron chi connectivity index (χ2n) is 3.94. The number of nitrogens with one attached hydrogen (secondary N) is 1. The molecule has 0 aliphatic heterocycles. The Balaban J connectivity index is 2.72. The first-order valence-electron chi connectivity index (χ1n) is 5.39. The zero-order valence-electron chi connectivity index (χ0n) is 9.85. The molecule has 0 aliphatic rings. The summed E-state index contributed by atoms with van der Waals surface area (Å²) in [4.78, 5) is 21.7. The van der Waals surface area contributed by atoms with Crippen LogP contribution in [0.1, 0.15) is 23.7 Å². The summed E-state index contributed by atoms with van der Waals surface area (Å²) in [5.41, 5.74) is 5.62. The van der Waals surface area contributed by atoms with E-state index in [2.05, 4.69) is 5.32 Å². The van der Waals surface area contributed by atoms with Crippen LogP contribution in [0.5, 0.6) is 0 Å². The third-order valence-corrected chi connectivity index (χ3v) is 2.61. The Bertz CT molecular complexity index is 463. The second-order valence-corrected chi connectivity index (χ2v) is 4.35. The van der Waals surface area contributed by atoms with Crippen molar-refractivity contribution in [2.24, 2.45) is 5.73 Å². The number of nitro benzene ring substituents is 1. The summed E-state index contributed by atoms with van der Waals surface area (Å²) in [5.74, 6) is -0.365. The number of rotatable bonds is 5. The minimum atomic E-state index is -0.566. The number of non-ortho nitro benzene ring substituents is 1. The van der Waals surface area contributed by atoms with E-state index in [1.165, 1.54) is 12.1 Å². The maximum Gasteiger partial charge on any atom is 0.270 e. The van der Waals surface area contributed by atoms with Gasteiger partial charge in [-0.3, -0.25) is 14.9 Å². The Morgan fingerprint density at radius 1 is 1.61 bits per heavy atom. The van der Waals surface area contributed by atoms with Gasteiger partial charge in [-0.1, -0.05) is 11.6 Å². The largest absolute Gasteiger partial charge is 0.352 e.